The summed E-state index contributed by atoms with van der Waals surface area (Å²) in [5.74, 6) is 0. The first-order valence-electron chi connectivity index (χ1n) is 5.32. The lowest BCUT2D eigenvalue weighted by molar-refractivity contribution is -0.384. The molecule has 0 aromatic heterocycles. The molecule has 1 aromatic rings. The van der Waals surface area contributed by atoms with E-state index in [1.165, 1.54) is 12.1 Å². The molecule has 0 saturated carbocycles. The Morgan fingerprint density at radius 1 is 1.59 bits per heavy atom. The highest BCUT2D eigenvalue weighted by Crippen LogP contribution is 2.27. The van der Waals surface area contributed by atoms with Gasteiger partial charge in [0.05, 0.1) is 11.5 Å². The van der Waals surface area contributed by atoms with Crippen LogP contribution in [0.2, 0.25) is 5.02 Å². The van der Waals surface area contributed by atoms with Gasteiger partial charge in [-0.05, 0) is 26.0 Å². The molecule has 0 aliphatic carbocycles. The van der Waals surface area contributed by atoms with Crippen molar-refractivity contribution in [3.63, 3.8) is 0 Å². The van der Waals surface area contributed by atoms with Crippen molar-refractivity contribution in [1.82, 2.24) is 0 Å². The molecule has 0 fully saturated rings. The zero-order valence-corrected chi connectivity index (χ0v) is 10.5. The molecule has 0 bridgehead atoms. The zero-order chi connectivity index (χ0) is 12.8. The largest absolute Gasteiger partial charge is 0.380 e. The SMILES string of the molecule is CCOCC(C)Nc1ccc(Cl)c([N+](=O)[O-])c1. The Balaban J connectivity index is 2.72. The highest BCUT2D eigenvalue weighted by molar-refractivity contribution is 6.32. The van der Waals surface area contributed by atoms with Crippen molar-refractivity contribution in [2.45, 2.75) is 19.9 Å². The number of rotatable bonds is 6. The fourth-order valence-electron chi connectivity index (χ4n) is 1.36. The predicted octanol–water partition coefficient (Wildman–Crippen LogP) is 3.09. The van der Waals surface area contributed by atoms with Crippen LogP contribution in [-0.4, -0.2) is 24.2 Å². The predicted molar refractivity (Wildman–Crippen MR) is 67.7 cm³/mol. The number of nitrogens with one attached hydrogen (secondary N) is 1. The first-order valence-corrected chi connectivity index (χ1v) is 5.70. The van der Waals surface area contributed by atoms with Gasteiger partial charge in [-0.25, -0.2) is 0 Å². The van der Waals surface area contributed by atoms with Gasteiger partial charge < -0.3 is 10.1 Å². The Hall–Kier alpha value is -1.33. The van der Waals surface area contributed by atoms with E-state index in [0.29, 0.717) is 18.9 Å². The van der Waals surface area contributed by atoms with Crippen LogP contribution < -0.4 is 5.32 Å². The van der Waals surface area contributed by atoms with Gasteiger partial charge in [-0.1, -0.05) is 11.6 Å². The first-order chi connectivity index (χ1) is 8.04. The van der Waals surface area contributed by atoms with Crippen LogP contribution in [0.1, 0.15) is 13.8 Å². The maximum Gasteiger partial charge on any atom is 0.289 e. The van der Waals surface area contributed by atoms with Gasteiger partial charge in [0, 0.05) is 24.4 Å². The van der Waals surface area contributed by atoms with Crippen molar-refractivity contribution in [2.75, 3.05) is 18.5 Å². The number of anilines is 1. The number of hydrogen-bond donors (Lipinski definition) is 1. The number of nitro benzene ring substituents is 1. The summed E-state index contributed by atoms with van der Waals surface area (Å²) in [7, 11) is 0. The third kappa shape index (κ3) is 4.20. The van der Waals surface area contributed by atoms with E-state index >= 15 is 0 Å². The van der Waals surface area contributed by atoms with E-state index in [0.717, 1.165) is 0 Å². The Labute approximate surface area is 105 Å². The molecule has 17 heavy (non-hydrogen) atoms. The quantitative estimate of drug-likeness (QED) is 0.629. The van der Waals surface area contributed by atoms with Crippen molar-refractivity contribution in [3.05, 3.63) is 33.3 Å². The van der Waals surface area contributed by atoms with Gasteiger partial charge in [0.25, 0.3) is 5.69 Å². The second kappa shape index (κ2) is 6.42. The second-order valence-electron chi connectivity index (χ2n) is 3.63. The Bertz CT molecular complexity index is 398. The molecule has 5 nitrogen and oxygen atoms in total. The van der Waals surface area contributed by atoms with Gasteiger partial charge in [-0.15, -0.1) is 0 Å². The molecular weight excluding hydrogens is 244 g/mol. The fourth-order valence-corrected chi connectivity index (χ4v) is 1.55. The molecule has 1 atom stereocenters. The molecule has 6 heteroatoms. The maximum absolute atomic E-state index is 10.7. The average Bonchev–Trinajstić information content (AvgIpc) is 2.28. The molecule has 1 N–H and O–H groups in total. The summed E-state index contributed by atoms with van der Waals surface area (Å²) in [5.41, 5.74) is 0.563. The molecular formula is C11H15ClN2O3. The minimum Gasteiger partial charge on any atom is -0.380 e. The fraction of sp³-hybridized carbons (Fsp3) is 0.455. The van der Waals surface area contributed by atoms with E-state index in [-0.39, 0.29) is 16.8 Å². The molecule has 0 saturated heterocycles. The third-order valence-corrected chi connectivity index (χ3v) is 2.45. The smallest absolute Gasteiger partial charge is 0.289 e. The number of nitrogens with zero attached hydrogens (tertiary/aromatic N) is 1. The van der Waals surface area contributed by atoms with Gasteiger partial charge in [-0.2, -0.15) is 0 Å². The molecule has 0 aliphatic heterocycles. The van der Waals surface area contributed by atoms with Gasteiger partial charge >= 0.3 is 0 Å². The number of hydrogen-bond acceptors (Lipinski definition) is 4. The molecule has 1 rings (SSSR count). The van der Waals surface area contributed by atoms with Crippen molar-refractivity contribution < 1.29 is 9.66 Å². The van der Waals surface area contributed by atoms with E-state index < -0.39 is 4.92 Å². The van der Waals surface area contributed by atoms with Crippen LogP contribution in [0.4, 0.5) is 11.4 Å². The second-order valence-corrected chi connectivity index (χ2v) is 4.04. The van der Waals surface area contributed by atoms with E-state index in [9.17, 15) is 10.1 Å². The minimum absolute atomic E-state index is 0.0794. The van der Waals surface area contributed by atoms with Crippen LogP contribution in [-0.2, 0) is 4.74 Å². The topological polar surface area (TPSA) is 64.4 Å². The molecule has 0 aliphatic rings. The van der Waals surface area contributed by atoms with Gasteiger partial charge in [-0.3, -0.25) is 10.1 Å². The standard InChI is InChI=1S/C11H15ClN2O3/c1-3-17-7-8(2)13-9-4-5-10(12)11(6-9)14(15)16/h4-6,8,13H,3,7H2,1-2H3. The van der Waals surface area contributed by atoms with Crippen molar-refractivity contribution in [3.8, 4) is 0 Å². The lowest BCUT2D eigenvalue weighted by Gasteiger charge is -2.14. The van der Waals surface area contributed by atoms with E-state index in [2.05, 4.69) is 5.32 Å². The summed E-state index contributed by atoms with van der Waals surface area (Å²) in [6.45, 7) is 5.05. The number of benzene rings is 1. The molecule has 0 amide bonds. The summed E-state index contributed by atoms with van der Waals surface area (Å²) in [6.07, 6.45) is 0. The Morgan fingerprint density at radius 3 is 2.88 bits per heavy atom. The van der Waals surface area contributed by atoms with Crippen molar-refractivity contribution in [1.29, 1.82) is 0 Å². The van der Waals surface area contributed by atoms with Crippen molar-refractivity contribution >= 4 is 23.0 Å². The minimum atomic E-state index is -0.499. The highest BCUT2D eigenvalue weighted by atomic mass is 35.5. The molecule has 1 aromatic carbocycles. The summed E-state index contributed by atoms with van der Waals surface area (Å²) < 4.78 is 5.25. The van der Waals surface area contributed by atoms with E-state index in [1.807, 2.05) is 13.8 Å². The van der Waals surface area contributed by atoms with Crippen molar-refractivity contribution in [2.24, 2.45) is 0 Å². The van der Waals surface area contributed by atoms with Crippen LogP contribution in [0, 0.1) is 10.1 Å². The van der Waals surface area contributed by atoms with E-state index in [1.54, 1.807) is 6.07 Å². The summed E-state index contributed by atoms with van der Waals surface area (Å²) >= 11 is 5.72. The van der Waals surface area contributed by atoms with Gasteiger partial charge in [0.15, 0.2) is 0 Å². The lowest BCUT2D eigenvalue weighted by Crippen LogP contribution is -2.21. The maximum atomic E-state index is 10.7. The molecule has 1 unspecified atom stereocenters. The molecule has 0 heterocycles. The zero-order valence-electron chi connectivity index (χ0n) is 9.77. The Morgan fingerprint density at radius 2 is 2.29 bits per heavy atom. The molecule has 0 spiro atoms. The van der Waals surface area contributed by atoms with Gasteiger partial charge in [0.2, 0.25) is 0 Å². The molecule has 94 valence electrons. The van der Waals surface area contributed by atoms with E-state index in [4.69, 9.17) is 16.3 Å². The average molecular weight is 259 g/mol. The van der Waals surface area contributed by atoms with Crippen LogP contribution >= 0.6 is 11.6 Å². The molecule has 0 radical (unpaired) electrons. The van der Waals surface area contributed by atoms with Crippen LogP contribution in [0.5, 0.6) is 0 Å². The summed E-state index contributed by atoms with van der Waals surface area (Å²) in [5, 5.41) is 13.9. The summed E-state index contributed by atoms with van der Waals surface area (Å²) in [4.78, 5) is 10.2. The monoisotopic (exact) mass is 258 g/mol. The normalized spacial score (nSPS) is 12.2. The number of nitro groups is 1. The van der Waals surface area contributed by atoms with Crippen LogP contribution in [0.3, 0.4) is 0 Å². The number of ether oxygens (including phenoxy) is 1. The highest BCUT2D eigenvalue weighted by Gasteiger charge is 2.13. The third-order valence-electron chi connectivity index (χ3n) is 2.13. The first kappa shape index (κ1) is 13.7. The van der Waals surface area contributed by atoms with Crippen LogP contribution in [0.25, 0.3) is 0 Å². The van der Waals surface area contributed by atoms with Gasteiger partial charge in [0.1, 0.15) is 5.02 Å². The van der Waals surface area contributed by atoms with Crippen LogP contribution in [0.15, 0.2) is 18.2 Å². The summed E-state index contributed by atoms with van der Waals surface area (Å²) in [6, 6.07) is 4.72. The number of halogens is 1. The Kier molecular flexibility index (Phi) is 5.18. The lowest BCUT2D eigenvalue weighted by atomic mass is 10.2.